The van der Waals surface area contributed by atoms with Gasteiger partial charge in [0.1, 0.15) is 6.04 Å². The van der Waals surface area contributed by atoms with Gasteiger partial charge in [-0.1, -0.05) is 33.6 Å². The van der Waals surface area contributed by atoms with Gasteiger partial charge in [0.25, 0.3) is 0 Å². The van der Waals surface area contributed by atoms with Crippen molar-refractivity contribution in [1.82, 2.24) is 10.2 Å². The number of carbonyl (C=O) groups is 2. The van der Waals surface area contributed by atoms with Crippen LogP contribution in [0.2, 0.25) is 0 Å². The van der Waals surface area contributed by atoms with E-state index in [1.807, 2.05) is 25.7 Å². The predicted molar refractivity (Wildman–Crippen MR) is 65.4 cm³/mol. The number of amides is 2. The highest BCUT2D eigenvalue weighted by atomic mass is 16.2. The van der Waals surface area contributed by atoms with Gasteiger partial charge in [-0.25, -0.2) is 0 Å². The van der Waals surface area contributed by atoms with Crippen LogP contribution < -0.4 is 5.32 Å². The van der Waals surface area contributed by atoms with Crippen LogP contribution in [0.25, 0.3) is 0 Å². The molecule has 0 aromatic rings. The van der Waals surface area contributed by atoms with E-state index in [4.69, 9.17) is 0 Å². The number of hydrogen-bond acceptors (Lipinski definition) is 2. The lowest BCUT2D eigenvalue weighted by atomic mass is 9.84. The average Bonchev–Trinajstić information content (AvgIpc) is 2.72. The molecule has 2 aliphatic rings. The first-order valence-electron chi connectivity index (χ1n) is 6.49. The topological polar surface area (TPSA) is 49.4 Å². The average molecular weight is 238 g/mol. The first kappa shape index (κ1) is 12.4. The van der Waals surface area contributed by atoms with E-state index >= 15 is 0 Å². The molecule has 1 aliphatic carbocycles. The monoisotopic (exact) mass is 238 g/mol. The second kappa shape index (κ2) is 4.31. The van der Waals surface area contributed by atoms with Crippen molar-refractivity contribution in [1.29, 1.82) is 0 Å². The summed E-state index contributed by atoms with van der Waals surface area (Å²) in [6.07, 6.45) is 4.46. The van der Waals surface area contributed by atoms with E-state index in [1.165, 1.54) is 12.8 Å². The van der Waals surface area contributed by atoms with Crippen LogP contribution in [0.1, 0.15) is 46.5 Å². The van der Waals surface area contributed by atoms with E-state index in [2.05, 4.69) is 5.32 Å². The fraction of sp³-hybridized carbons (Fsp3) is 0.846. The second-order valence-electron chi connectivity index (χ2n) is 6.27. The molecule has 1 N–H and O–H groups in total. The Labute approximate surface area is 103 Å². The van der Waals surface area contributed by atoms with Crippen molar-refractivity contribution in [2.45, 2.75) is 58.5 Å². The van der Waals surface area contributed by atoms with Gasteiger partial charge in [-0.3, -0.25) is 9.59 Å². The molecule has 1 atom stereocenters. The quantitative estimate of drug-likeness (QED) is 0.748. The third-order valence-electron chi connectivity index (χ3n) is 3.78. The smallest absolute Gasteiger partial charge is 0.246 e. The zero-order valence-electron chi connectivity index (χ0n) is 11.0. The molecule has 2 fully saturated rings. The van der Waals surface area contributed by atoms with Gasteiger partial charge in [-0.2, -0.15) is 0 Å². The molecule has 1 saturated heterocycles. The molecule has 4 nitrogen and oxygen atoms in total. The summed E-state index contributed by atoms with van der Waals surface area (Å²) < 4.78 is 0. The highest BCUT2D eigenvalue weighted by molar-refractivity contribution is 5.95. The first-order valence-corrected chi connectivity index (χ1v) is 6.49. The van der Waals surface area contributed by atoms with Crippen molar-refractivity contribution in [3.05, 3.63) is 0 Å². The molecule has 4 heteroatoms. The molecule has 17 heavy (non-hydrogen) atoms. The van der Waals surface area contributed by atoms with Crippen LogP contribution >= 0.6 is 0 Å². The van der Waals surface area contributed by atoms with Crippen molar-refractivity contribution in [2.75, 3.05) is 6.54 Å². The minimum absolute atomic E-state index is 0.0172. The molecule has 1 heterocycles. The number of carbonyl (C=O) groups excluding carboxylic acids is 2. The molecule has 0 aromatic heterocycles. The molecule has 0 bridgehead atoms. The lowest BCUT2D eigenvalue weighted by Gasteiger charge is -2.41. The SMILES string of the molecule is CC(C)(C)C1NC(=O)CN(C2CCCC2)C1=O. The molecule has 0 spiro atoms. The zero-order valence-corrected chi connectivity index (χ0v) is 11.0. The fourth-order valence-corrected chi connectivity index (χ4v) is 2.78. The zero-order chi connectivity index (χ0) is 12.6. The molecular formula is C13H22N2O2. The van der Waals surface area contributed by atoms with Crippen LogP contribution in [0.3, 0.4) is 0 Å². The van der Waals surface area contributed by atoms with Crippen LogP contribution in [0.15, 0.2) is 0 Å². The van der Waals surface area contributed by atoms with Crippen molar-refractivity contribution in [2.24, 2.45) is 5.41 Å². The Morgan fingerprint density at radius 1 is 1.18 bits per heavy atom. The molecule has 1 saturated carbocycles. The number of piperazine rings is 1. The lowest BCUT2D eigenvalue weighted by molar-refractivity contribution is -0.149. The summed E-state index contributed by atoms with van der Waals surface area (Å²) in [5, 5.41) is 2.83. The van der Waals surface area contributed by atoms with Crippen LogP contribution in [0.5, 0.6) is 0 Å². The minimum atomic E-state index is -0.371. The van der Waals surface area contributed by atoms with Crippen molar-refractivity contribution >= 4 is 11.8 Å². The Balaban J connectivity index is 2.16. The molecule has 0 aromatic carbocycles. The summed E-state index contributed by atoms with van der Waals surface area (Å²) in [7, 11) is 0. The summed E-state index contributed by atoms with van der Waals surface area (Å²) in [5.41, 5.74) is -0.218. The Hall–Kier alpha value is -1.06. The standard InChI is InChI=1S/C13H22N2O2/c1-13(2,3)11-12(17)15(8-10(16)14-11)9-6-4-5-7-9/h9,11H,4-8H2,1-3H3,(H,14,16). The van der Waals surface area contributed by atoms with Crippen LogP contribution in [0, 0.1) is 5.41 Å². The molecule has 1 unspecified atom stereocenters. The third kappa shape index (κ3) is 2.45. The Morgan fingerprint density at radius 2 is 1.76 bits per heavy atom. The Kier molecular flexibility index (Phi) is 3.15. The summed E-state index contributed by atoms with van der Waals surface area (Å²) >= 11 is 0. The van der Waals surface area contributed by atoms with Crippen LogP contribution in [-0.4, -0.2) is 35.3 Å². The van der Waals surface area contributed by atoms with Gasteiger partial charge in [0.05, 0.1) is 6.54 Å². The maximum absolute atomic E-state index is 12.4. The molecule has 2 rings (SSSR count). The van der Waals surface area contributed by atoms with Gasteiger partial charge in [-0.05, 0) is 18.3 Å². The fourth-order valence-electron chi connectivity index (χ4n) is 2.78. The molecule has 96 valence electrons. The second-order valence-corrected chi connectivity index (χ2v) is 6.27. The van der Waals surface area contributed by atoms with E-state index in [9.17, 15) is 9.59 Å². The van der Waals surface area contributed by atoms with E-state index in [0.717, 1.165) is 12.8 Å². The molecule has 2 amide bonds. The van der Waals surface area contributed by atoms with Crippen LogP contribution in [0.4, 0.5) is 0 Å². The highest BCUT2D eigenvalue weighted by Gasteiger charge is 2.42. The first-order chi connectivity index (χ1) is 7.89. The third-order valence-corrected chi connectivity index (χ3v) is 3.78. The molecule has 0 radical (unpaired) electrons. The number of nitrogens with zero attached hydrogens (tertiary/aromatic N) is 1. The van der Waals surface area contributed by atoms with E-state index in [-0.39, 0.29) is 29.8 Å². The van der Waals surface area contributed by atoms with Crippen molar-refractivity contribution < 1.29 is 9.59 Å². The van der Waals surface area contributed by atoms with Gasteiger partial charge < -0.3 is 10.2 Å². The largest absolute Gasteiger partial charge is 0.342 e. The van der Waals surface area contributed by atoms with Gasteiger partial charge in [0.2, 0.25) is 11.8 Å². The highest BCUT2D eigenvalue weighted by Crippen LogP contribution is 2.29. The predicted octanol–water partition coefficient (Wildman–Crippen LogP) is 1.30. The number of rotatable bonds is 1. The number of nitrogens with one attached hydrogen (secondary N) is 1. The molecular weight excluding hydrogens is 216 g/mol. The Bertz CT molecular complexity index is 327. The van der Waals surface area contributed by atoms with Crippen molar-refractivity contribution in [3.63, 3.8) is 0 Å². The lowest BCUT2D eigenvalue weighted by Crippen LogP contribution is -2.63. The van der Waals surface area contributed by atoms with Gasteiger partial charge >= 0.3 is 0 Å². The normalized spacial score (nSPS) is 27.5. The summed E-state index contributed by atoms with van der Waals surface area (Å²) in [6, 6.07) is -0.0808. The van der Waals surface area contributed by atoms with Crippen molar-refractivity contribution in [3.8, 4) is 0 Å². The van der Waals surface area contributed by atoms with Gasteiger partial charge in [0.15, 0.2) is 0 Å². The summed E-state index contributed by atoms with van der Waals surface area (Å²) in [5.74, 6) is 0.0837. The maximum Gasteiger partial charge on any atom is 0.246 e. The molecule has 1 aliphatic heterocycles. The maximum atomic E-state index is 12.4. The van der Waals surface area contributed by atoms with E-state index in [1.54, 1.807) is 0 Å². The minimum Gasteiger partial charge on any atom is -0.342 e. The Morgan fingerprint density at radius 3 is 2.29 bits per heavy atom. The summed E-state index contributed by atoms with van der Waals surface area (Å²) in [4.78, 5) is 26.0. The van der Waals surface area contributed by atoms with Gasteiger partial charge in [0, 0.05) is 6.04 Å². The van der Waals surface area contributed by atoms with E-state index < -0.39 is 0 Å². The van der Waals surface area contributed by atoms with Gasteiger partial charge in [-0.15, -0.1) is 0 Å². The summed E-state index contributed by atoms with van der Waals surface area (Å²) in [6.45, 7) is 6.23. The van der Waals surface area contributed by atoms with E-state index in [0.29, 0.717) is 6.04 Å². The van der Waals surface area contributed by atoms with Crippen LogP contribution in [-0.2, 0) is 9.59 Å². The number of hydrogen-bond donors (Lipinski definition) is 1.